The van der Waals surface area contributed by atoms with Crippen LogP contribution in [0.4, 0.5) is 10.7 Å². The molecule has 1 aliphatic carbocycles. The van der Waals surface area contributed by atoms with Crippen LogP contribution in [-0.4, -0.2) is 24.4 Å². The molecule has 1 aromatic heterocycles. The van der Waals surface area contributed by atoms with Crippen molar-refractivity contribution >= 4 is 28.2 Å². The molecule has 0 amide bonds. The normalized spacial score (nSPS) is 16.6. The van der Waals surface area contributed by atoms with Gasteiger partial charge >= 0.3 is 0 Å². The third-order valence-corrected chi connectivity index (χ3v) is 7.21. The van der Waals surface area contributed by atoms with E-state index in [0.29, 0.717) is 17.0 Å². The van der Waals surface area contributed by atoms with Crippen molar-refractivity contribution in [3.63, 3.8) is 0 Å². The first kappa shape index (κ1) is 21.4. The van der Waals surface area contributed by atoms with Gasteiger partial charge in [0.1, 0.15) is 16.8 Å². The third kappa shape index (κ3) is 4.48. The summed E-state index contributed by atoms with van der Waals surface area (Å²) in [5.41, 5.74) is 3.85. The average molecular weight is 410 g/mol. The minimum absolute atomic E-state index is 0.214. The van der Waals surface area contributed by atoms with Crippen LogP contribution in [0.5, 0.6) is 5.75 Å². The summed E-state index contributed by atoms with van der Waals surface area (Å²) in [5.74, 6) is 0.847. The van der Waals surface area contributed by atoms with E-state index in [1.54, 1.807) is 23.6 Å². The molecule has 2 aromatic rings. The van der Waals surface area contributed by atoms with Gasteiger partial charge in [-0.15, -0.1) is 11.3 Å². The van der Waals surface area contributed by atoms with E-state index in [2.05, 4.69) is 50.6 Å². The highest BCUT2D eigenvalue weighted by atomic mass is 32.1. The lowest BCUT2D eigenvalue weighted by atomic mass is 9.72. The van der Waals surface area contributed by atoms with Gasteiger partial charge < -0.3 is 10.0 Å². The lowest BCUT2D eigenvalue weighted by Crippen LogP contribution is -2.26. The van der Waals surface area contributed by atoms with Crippen LogP contribution in [0.25, 0.3) is 0 Å². The molecule has 154 valence electrons. The molecule has 1 atom stereocenters. The second-order valence-electron chi connectivity index (χ2n) is 8.78. The number of aromatic hydroxyl groups is 1. The molecule has 4 nitrogen and oxygen atoms in total. The molecule has 29 heavy (non-hydrogen) atoms. The molecule has 1 aliphatic rings. The molecule has 5 heteroatoms. The van der Waals surface area contributed by atoms with Gasteiger partial charge in [-0.3, -0.25) is 0 Å². The number of rotatable bonds is 5. The van der Waals surface area contributed by atoms with Gasteiger partial charge in [0.15, 0.2) is 0 Å². The first-order valence-corrected chi connectivity index (χ1v) is 11.3. The van der Waals surface area contributed by atoms with Crippen molar-refractivity contribution in [3.8, 4) is 11.8 Å². The Balaban J connectivity index is 1.87. The topological polar surface area (TPSA) is 59.6 Å². The predicted molar refractivity (Wildman–Crippen MR) is 123 cm³/mol. The van der Waals surface area contributed by atoms with Gasteiger partial charge in [0.25, 0.3) is 0 Å². The van der Waals surface area contributed by atoms with E-state index in [-0.39, 0.29) is 11.2 Å². The van der Waals surface area contributed by atoms with Crippen LogP contribution in [0, 0.1) is 22.7 Å². The Hall–Kier alpha value is -2.32. The Bertz CT molecular complexity index is 942. The van der Waals surface area contributed by atoms with Gasteiger partial charge in [0, 0.05) is 41.5 Å². The highest BCUT2D eigenvalue weighted by molar-refractivity contribution is 7.16. The van der Waals surface area contributed by atoms with Crippen molar-refractivity contribution in [1.29, 1.82) is 5.26 Å². The molecule has 0 aliphatic heterocycles. The number of aliphatic imine (C=N–C) groups is 1. The number of fused-ring (bicyclic) bond motifs is 1. The Labute approximate surface area is 178 Å². The van der Waals surface area contributed by atoms with Crippen molar-refractivity contribution in [2.45, 2.75) is 53.9 Å². The molecule has 1 heterocycles. The minimum atomic E-state index is 0.214. The van der Waals surface area contributed by atoms with E-state index < -0.39 is 0 Å². The first-order chi connectivity index (χ1) is 13.8. The number of nitrogens with zero attached hydrogens (tertiary/aromatic N) is 3. The van der Waals surface area contributed by atoms with E-state index in [0.717, 1.165) is 43.0 Å². The molecular formula is C24H31N3OS. The number of phenols is 1. The maximum Gasteiger partial charge on any atom is 0.134 e. The van der Waals surface area contributed by atoms with Crippen molar-refractivity contribution in [1.82, 2.24) is 0 Å². The standard InChI is InChI=1S/C24H31N3OS/c1-6-27(7-2)18-10-8-16(21(28)13-18)15-26-23-20(14-25)19-11-9-17(24(3,4)5)12-22(19)29-23/h8,10,13,15,17,28H,6-7,9,11-12H2,1-5H3/b26-15+/t17-/m0/s1. The van der Waals surface area contributed by atoms with E-state index in [1.807, 2.05) is 12.1 Å². The number of benzene rings is 1. The zero-order chi connectivity index (χ0) is 21.2. The van der Waals surface area contributed by atoms with Crippen LogP contribution < -0.4 is 4.90 Å². The summed E-state index contributed by atoms with van der Waals surface area (Å²) in [6.07, 6.45) is 4.78. The summed E-state index contributed by atoms with van der Waals surface area (Å²) >= 11 is 1.64. The molecule has 0 radical (unpaired) electrons. The quantitative estimate of drug-likeness (QED) is 0.609. The minimum Gasteiger partial charge on any atom is -0.507 e. The molecule has 0 saturated heterocycles. The van der Waals surface area contributed by atoms with E-state index >= 15 is 0 Å². The Kier molecular flexibility index (Phi) is 6.33. The fourth-order valence-corrected chi connectivity index (χ4v) is 5.29. The second kappa shape index (κ2) is 8.59. The summed E-state index contributed by atoms with van der Waals surface area (Å²) in [6, 6.07) is 8.06. The summed E-state index contributed by atoms with van der Waals surface area (Å²) < 4.78 is 0. The van der Waals surface area contributed by atoms with Gasteiger partial charge in [0.2, 0.25) is 0 Å². The largest absolute Gasteiger partial charge is 0.507 e. The van der Waals surface area contributed by atoms with Gasteiger partial charge in [-0.25, -0.2) is 4.99 Å². The van der Waals surface area contributed by atoms with Crippen LogP contribution in [0.15, 0.2) is 23.2 Å². The van der Waals surface area contributed by atoms with Crippen LogP contribution in [0.1, 0.15) is 62.6 Å². The Morgan fingerprint density at radius 1 is 1.31 bits per heavy atom. The number of nitriles is 1. The summed E-state index contributed by atoms with van der Waals surface area (Å²) in [7, 11) is 0. The summed E-state index contributed by atoms with van der Waals surface area (Å²) in [5, 5.41) is 20.9. The summed E-state index contributed by atoms with van der Waals surface area (Å²) in [6.45, 7) is 12.9. The highest BCUT2D eigenvalue weighted by Crippen LogP contribution is 2.45. The predicted octanol–water partition coefficient (Wildman–Crippen LogP) is 6.07. The molecule has 1 aromatic carbocycles. The molecule has 0 spiro atoms. The van der Waals surface area contributed by atoms with Gasteiger partial charge in [0.05, 0.1) is 5.56 Å². The molecule has 0 fully saturated rings. The first-order valence-electron chi connectivity index (χ1n) is 10.4. The lowest BCUT2D eigenvalue weighted by molar-refractivity contribution is 0.218. The van der Waals surface area contributed by atoms with E-state index in [1.165, 1.54) is 10.4 Å². The number of anilines is 1. The number of phenolic OH excluding ortho intramolecular Hbond substituents is 1. The van der Waals surface area contributed by atoms with Crippen molar-refractivity contribution < 1.29 is 5.11 Å². The molecule has 3 rings (SSSR count). The summed E-state index contributed by atoms with van der Waals surface area (Å²) in [4.78, 5) is 8.11. The Morgan fingerprint density at radius 2 is 2.03 bits per heavy atom. The molecule has 0 unspecified atom stereocenters. The van der Waals surface area contributed by atoms with E-state index in [9.17, 15) is 10.4 Å². The highest BCUT2D eigenvalue weighted by Gasteiger charge is 2.32. The van der Waals surface area contributed by atoms with Crippen molar-refractivity contribution in [3.05, 3.63) is 39.8 Å². The number of hydrogen-bond acceptors (Lipinski definition) is 5. The number of thiophene rings is 1. The SMILES string of the molecule is CCN(CC)c1ccc(/C=N/c2sc3c(c2C#N)CC[C@H](C(C)(C)C)C3)c(O)c1. The maximum absolute atomic E-state index is 10.4. The van der Waals surface area contributed by atoms with Crippen molar-refractivity contribution in [2.75, 3.05) is 18.0 Å². The van der Waals surface area contributed by atoms with Gasteiger partial charge in [-0.2, -0.15) is 5.26 Å². The van der Waals surface area contributed by atoms with Gasteiger partial charge in [-0.1, -0.05) is 20.8 Å². The fraction of sp³-hybridized carbons (Fsp3) is 0.500. The van der Waals surface area contributed by atoms with Crippen LogP contribution >= 0.6 is 11.3 Å². The molecule has 1 N–H and O–H groups in total. The second-order valence-corrected chi connectivity index (χ2v) is 9.86. The van der Waals surface area contributed by atoms with Crippen LogP contribution in [0.2, 0.25) is 0 Å². The average Bonchev–Trinajstić information content (AvgIpc) is 3.04. The lowest BCUT2D eigenvalue weighted by Gasteiger charge is -2.33. The zero-order valence-corrected chi connectivity index (χ0v) is 18.9. The third-order valence-electron chi connectivity index (χ3n) is 6.05. The number of hydrogen-bond donors (Lipinski definition) is 1. The van der Waals surface area contributed by atoms with Gasteiger partial charge in [-0.05, 0) is 62.1 Å². The fourth-order valence-electron chi connectivity index (χ4n) is 4.07. The molecule has 0 saturated carbocycles. The molecule has 0 bridgehead atoms. The molecular weight excluding hydrogens is 378 g/mol. The van der Waals surface area contributed by atoms with Crippen LogP contribution in [0.3, 0.4) is 0 Å². The maximum atomic E-state index is 10.4. The van der Waals surface area contributed by atoms with Crippen LogP contribution in [-0.2, 0) is 12.8 Å². The smallest absolute Gasteiger partial charge is 0.134 e. The van der Waals surface area contributed by atoms with Crippen molar-refractivity contribution in [2.24, 2.45) is 16.3 Å². The zero-order valence-electron chi connectivity index (χ0n) is 18.1. The monoisotopic (exact) mass is 409 g/mol. The Morgan fingerprint density at radius 3 is 2.62 bits per heavy atom. The van der Waals surface area contributed by atoms with E-state index in [4.69, 9.17) is 0 Å².